The second-order valence-electron chi connectivity index (χ2n) is 7.07. The van der Waals surface area contributed by atoms with Crippen molar-refractivity contribution < 1.29 is 19.1 Å². The number of nitrogens with zero attached hydrogens (tertiary/aromatic N) is 7. The van der Waals surface area contributed by atoms with E-state index in [1.54, 1.807) is 31.2 Å². The Hall–Kier alpha value is -5.14. The second-order valence-corrected chi connectivity index (χ2v) is 7.07. The third-order valence-electron chi connectivity index (χ3n) is 4.82. The van der Waals surface area contributed by atoms with Crippen LogP contribution >= 0.6 is 0 Å². The molecule has 0 bridgehead atoms. The zero-order valence-corrected chi connectivity index (χ0v) is 18.6. The van der Waals surface area contributed by atoms with Crippen molar-refractivity contribution in [2.75, 3.05) is 12.3 Å². The van der Waals surface area contributed by atoms with Gasteiger partial charge >= 0.3 is 0 Å². The van der Waals surface area contributed by atoms with Crippen molar-refractivity contribution in [1.82, 2.24) is 30.7 Å². The Bertz CT molecular complexity index is 1410. The molecule has 14 heteroatoms. The minimum atomic E-state index is -0.663. The number of amides is 1. The van der Waals surface area contributed by atoms with Crippen LogP contribution in [0.4, 0.5) is 11.5 Å². The van der Waals surface area contributed by atoms with Crippen LogP contribution in [0.2, 0.25) is 0 Å². The van der Waals surface area contributed by atoms with Gasteiger partial charge in [0.25, 0.3) is 11.6 Å². The minimum Gasteiger partial charge on any atom is -0.494 e. The summed E-state index contributed by atoms with van der Waals surface area (Å²) in [5, 5.41) is 30.2. The Kier molecular flexibility index (Phi) is 6.44. The molecular weight excluding hydrogens is 458 g/mol. The van der Waals surface area contributed by atoms with Crippen molar-refractivity contribution in [2.24, 2.45) is 5.10 Å². The van der Waals surface area contributed by atoms with E-state index in [4.69, 9.17) is 10.5 Å². The van der Waals surface area contributed by atoms with Gasteiger partial charge in [-0.2, -0.15) is 9.78 Å². The smallest absolute Gasteiger partial charge is 0.294 e. The molecule has 3 N–H and O–H groups in total. The lowest BCUT2D eigenvalue weighted by molar-refractivity contribution is -0.384. The van der Waals surface area contributed by atoms with Gasteiger partial charge in [-0.3, -0.25) is 14.9 Å². The maximum atomic E-state index is 13.1. The third-order valence-corrected chi connectivity index (χ3v) is 4.82. The number of carbonyl (C=O) groups is 1. The molecule has 0 saturated carbocycles. The van der Waals surface area contributed by atoms with Gasteiger partial charge in [-0.05, 0) is 54.0 Å². The van der Waals surface area contributed by atoms with Crippen LogP contribution in [-0.4, -0.2) is 48.5 Å². The molecule has 0 fully saturated rings. The van der Waals surface area contributed by atoms with Gasteiger partial charge in [0.1, 0.15) is 11.4 Å². The van der Waals surface area contributed by atoms with Crippen LogP contribution in [0.15, 0.2) is 58.3 Å². The zero-order valence-electron chi connectivity index (χ0n) is 18.6. The number of nitrogens with one attached hydrogen (secondary N) is 1. The number of carbonyl (C=O) groups excluding carboxylic acids is 1. The van der Waals surface area contributed by atoms with Crippen molar-refractivity contribution in [3.63, 3.8) is 0 Å². The lowest BCUT2D eigenvalue weighted by Gasteiger charge is -2.08. The monoisotopic (exact) mass is 477 g/mol. The number of nitro benzene ring substituents is 1. The van der Waals surface area contributed by atoms with E-state index in [-0.39, 0.29) is 28.7 Å². The van der Waals surface area contributed by atoms with E-state index in [1.165, 1.54) is 28.9 Å². The molecule has 14 nitrogen and oxygen atoms in total. The first-order valence-electron chi connectivity index (χ1n) is 10.3. The fraction of sp³-hybridized carbons (Fsp3) is 0.143. The van der Waals surface area contributed by atoms with Gasteiger partial charge in [0.15, 0.2) is 5.69 Å². The lowest BCUT2D eigenvalue weighted by Crippen LogP contribution is -2.21. The van der Waals surface area contributed by atoms with E-state index in [0.29, 0.717) is 29.2 Å². The normalized spacial score (nSPS) is 11.3. The molecule has 4 aromatic rings. The molecule has 4 rings (SSSR count). The highest BCUT2D eigenvalue weighted by Gasteiger charge is 2.25. The number of hydrazone groups is 1. The summed E-state index contributed by atoms with van der Waals surface area (Å²) in [6, 6.07) is 12.7. The zero-order chi connectivity index (χ0) is 24.9. The van der Waals surface area contributed by atoms with Crippen LogP contribution in [-0.2, 0) is 0 Å². The van der Waals surface area contributed by atoms with Crippen LogP contribution in [0.1, 0.15) is 29.9 Å². The number of benzene rings is 2. The summed E-state index contributed by atoms with van der Waals surface area (Å²) in [5.41, 5.74) is 9.96. The van der Waals surface area contributed by atoms with Gasteiger partial charge in [0, 0.05) is 17.7 Å². The summed E-state index contributed by atoms with van der Waals surface area (Å²) in [7, 11) is 0. The Labute approximate surface area is 197 Å². The SMILES string of the molecule is CCOc1cccc(-c2c(C(=O)NN=C(C)c3ccc([N+](=O)[O-])cc3)nnn2-c2nonc2N)c1. The summed E-state index contributed by atoms with van der Waals surface area (Å²) in [6.45, 7) is 3.95. The van der Waals surface area contributed by atoms with Crippen molar-refractivity contribution in [1.29, 1.82) is 0 Å². The highest BCUT2D eigenvalue weighted by molar-refractivity contribution is 6.02. The van der Waals surface area contributed by atoms with Crippen LogP contribution < -0.4 is 15.9 Å². The fourth-order valence-corrected chi connectivity index (χ4v) is 3.16. The van der Waals surface area contributed by atoms with Gasteiger partial charge in [0.2, 0.25) is 11.6 Å². The topological polar surface area (TPSA) is 189 Å². The molecule has 178 valence electrons. The highest BCUT2D eigenvalue weighted by atomic mass is 16.6. The molecule has 2 heterocycles. The molecule has 1 amide bonds. The van der Waals surface area contributed by atoms with Crippen molar-refractivity contribution >= 4 is 23.1 Å². The molecule has 0 saturated heterocycles. The quantitative estimate of drug-likeness (QED) is 0.216. The van der Waals surface area contributed by atoms with E-state index in [0.717, 1.165) is 0 Å². The van der Waals surface area contributed by atoms with Crippen molar-refractivity contribution in [2.45, 2.75) is 13.8 Å². The highest BCUT2D eigenvalue weighted by Crippen LogP contribution is 2.29. The first-order valence-corrected chi connectivity index (χ1v) is 10.3. The number of non-ortho nitro benzene ring substituents is 1. The number of nitro groups is 1. The number of aromatic nitrogens is 5. The van der Waals surface area contributed by atoms with E-state index >= 15 is 0 Å². The summed E-state index contributed by atoms with van der Waals surface area (Å²) < 4.78 is 11.5. The summed E-state index contributed by atoms with van der Waals surface area (Å²) in [4.78, 5) is 23.4. The first-order chi connectivity index (χ1) is 16.9. The largest absolute Gasteiger partial charge is 0.494 e. The Morgan fingerprint density at radius 1 is 1.26 bits per heavy atom. The fourth-order valence-electron chi connectivity index (χ4n) is 3.16. The average molecular weight is 477 g/mol. The molecule has 0 aliphatic carbocycles. The number of hydrogen-bond donors (Lipinski definition) is 2. The van der Waals surface area contributed by atoms with Crippen LogP contribution in [0.25, 0.3) is 17.1 Å². The third kappa shape index (κ3) is 4.80. The summed E-state index contributed by atoms with van der Waals surface area (Å²) in [5.74, 6) is -0.0817. The van der Waals surface area contributed by atoms with Gasteiger partial charge in [0.05, 0.1) is 17.2 Å². The van der Waals surface area contributed by atoms with Crippen LogP contribution in [0, 0.1) is 10.1 Å². The molecule has 0 unspecified atom stereocenters. The Morgan fingerprint density at radius 3 is 2.69 bits per heavy atom. The number of ether oxygens (including phenoxy) is 1. The maximum Gasteiger partial charge on any atom is 0.294 e. The predicted molar refractivity (Wildman–Crippen MR) is 123 cm³/mol. The minimum absolute atomic E-state index is 0.0453. The summed E-state index contributed by atoms with van der Waals surface area (Å²) in [6.07, 6.45) is 0. The first kappa shape index (κ1) is 23.0. The van der Waals surface area contributed by atoms with Crippen molar-refractivity contribution in [3.05, 3.63) is 69.9 Å². The molecule has 35 heavy (non-hydrogen) atoms. The average Bonchev–Trinajstić information content (AvgIpc) is 3.48. The van der Waals surface area contributed by atoms with Crippen LogP contribution in [0.5, 0.6) is 5.75 Å². The molecular formula is C21H19N9O5. The van der Waals surface area contributed by atoms with Gasteiger partial charge in [-0.25, -0.2) is 10.1 Å². The van der Waals surface area contributed by atoms with Crippen molar-refractivity contribution in [3.8, 4) is 22.8 Å². The number of anilines is 1. The predicted octanol–water partition coefficient (Wildman–Crippen LogP) is 2.36. The molecule has 0 atom stereocenters. The number of rotatable bonds is 8. The van der Waals surface area contributed by atoms with E-state index < -0.39 is 10.8 Å². The van der Waals surface area contributed by atoms with Gasteiger partial charge < -0.3 is 10.5 Å². The number of nitrogen functional groups attached to an aromatic ring is 1. The number of hydrogen-bond acceptors (Lipinski definition) is 11. The molecule has 2 aromatic heterocycles. The number of nitrogens with two attached hydrogens (primary N) is 1. The second kappa shape index (κ2) is 9.78. The van der Waals surface area contributed by atoms with E-state index in [2.05, 4.69) is 35.8 Å². The lowest BCUT2D eigenvalue weighted by atomic mass is 10.1. The molecule has 0 radical (unpaired) electrons. The van der Waals surface area contributed by atoms with E-state index in [9.17, 15) is 14.9 Å². The van der Waals surface area contributed by atoms with Gasteiger partial charge in [-0.15, -0.1) is 5.10 Å². The molecule has 0 spiro atoms. The molecule has 0 aliphatic heterocycles. The maximum absolute atomic E-state index is 13.1. The molecule has 2 aromatic carbocycles. The van der Waals surface area contributed by atoms with Crippen LogP contribution in [0.3, 0.4) is 0 Å². The summed E-state index contributed by atoms with van der Waals surface area (Å²) >= 11 is 0. The standard InChI is InChI=1S/C21H19N9O5/c1-3-34-16-6-4-5-14(11-16)18-17(24-28-29(18)20-19(22)26-35-27-20)21(31)25-23-12(2)13-7-9-15(10-8-13)30(32)33/h4-11H,3H2,1-2H3,(H2,22,26)(H,25,31). The Morgan fingerprint density at radius 2 is 2.03 bits per heavy atom. The molecule has 0 aliphatic rings. The Balaban J connectivity index is 1.69. The van der Waals surface area contributed by atoms with Gasteiger partial charge in [-0.1, -0.05) is 17.3 Å². The van der Waals surface area contributed by atoms with E-state index in [1.807, 2.05) is 6.92 Å².